The fraction of sp³-hybridized carbons (Fsp3) is 0.513. The van der Waals surface area contributed by atoms with Crippen molar-refractivity contribution in [1.29, 1.82) is 0 Å². The second kappa shape index (κ2) is 16.3. The minimum atomic E-state index is -4.49. The monoisotopic (exact) mass is 811 g/mol. The summed E-state index contributed by atoms with van der Waals surface area (Å²) in [6, 6.07) is 10.2. The van der Waals surface area contributed by atoms with Crippen LogP contribution in [0, 0.1) is 11.7 Å². The molecule has 13 nitrogen and oxygen atoms in total. The maximum atomic E-state index is 15.4. The van der Waals surface area contributed by atoms with E-state index in [1.807, 2.05) is 27.4 Å². The third-order valence-corrected chi connectivity index (χ3v) is 13.3. The first kappa shape index (κ1) is 39.2. The van der Waals surface area contributed by atoms with E-state index in [2.05, 4.69) is 36.5 Å². The number of rotatable bonds is 9. The van der Waals surface area contributed by atoms with Crippen LogP contribution in [0.25, 0.3) is 0 Å². The number of piperidine rings is 3. The van der Waals surface area contributed by atoms with Gasteiger partial charge >= 0.3 is 6.18 Å². The lowest BCUT2D eigenvalue weighted by Crippen LogP contribution is -2.52. The van der Waals surface area contributed by atoms with E-state index in [0.29, 0.717) is 56.2 Å². The third-order valence-electron chi connectivity index (χ3n) is 11.8. The number of nitrogens with one attached hydrogen (secondary N) is 2. The molecule has 0 radical (unpaired) electrons. The predicted octanol–water partition coefficient (Wildman–Crippen LogP) is 4.03. The lowest BCUT2D eigenvalue weighted by Gasteiger charge is -2.40. The minimum Gasteiger partial charge on any atom is -0.371 e. The molecule has 57 heavy (non-hydrogen) atoms. The number of piperazine rings is 1. The van der Waals surface area contributed by atoms with Crippen molar-refractivity contribution in [3.05, 3.63) is 71.3 Å². The van der Waals surface area contributed by atoms with Gasteiger partial charge in [0.2, 0.25) is 17.8 Å². The van der Waals surface area contributed by atoms with Gasteiger partial charge in [-0.05, 0) is 73.9 Å². The normalized spacial score (nSPS) is 22.5. The van der Waals surface area contributed by atoms with Crippen LogP contribution in [0.2, 0.25) is 0 Å². The summed E-state index contributed by atoms with van der Waals surface area (Å²) >= 11 is 0. The Labute approximate surface area is 330 Å². The Hall–Kier alpha value is -4.68. The van der Waals surface area contributed by atoms with Crippen LogP contribution >= 0.6 is 0 Å². The highest BCUT2D eigenvalue weighted by atomic mass is 32.2. The first-order valence-corrected chi connectivity index (χ1v) is 20.6. The average molecular weight is 812 g/mol. The maximum absolute atomic E-state index is 15.4. The van der Waals surface area contributed by atoms with Crippen molar-refractivity contribution in [1.82, 2.24) is 29.4 Å². The van der Waals surface area contributed by atoms with Crippen LogP contribution in [-0.4, -0.2) is 117 Å². The van der Waals surface area contributed by atoms with Crippen LogP contribution in [-0.2, 0) is 33.3 Å². The Morgan fingerprint density at radius 2 is 1.58 bits per heavy atom. The standard InChI is InChI=1S/C39H45F4N9O4S/c40-32-20-31-26(24-52(37(31)55)33-4-5-35(53)47-36(33)54)18-34(32)50-16-14-48(15-17-50)23-25-6-10-49(11-7-25)29-2-1-3-30(19-29)57(56)51-12-8-28(9-13-51)46-38-44-21-27(22-45-38)39(41,42)43/h1-3,18-22,25,28,33H,4-17,23-24H2,(H,44,45,46)(H,47,53,54). The average Bonchev–Trinajstić information content (AvgIpc) is 3.52. The number of carbonyl (C=O) groups is 3. The zero-order chi connectivity index (χ0) is 39.8. The summed E-state index contributed by atoms with van der Waals surface area (Å²) in [5.41, 5.74) is 1.58. The smallest absolute Gasteiger partial charge is 0.371 e. The second-order valence-electron chi connectivity index (χ2n) is 15.5. The molecular weight excluding hydrogens is 767 g/mol. The van der Waals surface area contributed by atoms with Gasteiger partial charge < -0.3 is 20.0 Å². The molecule has 4 fully saturated rings. The van der Waals surface area contributed by atoms with Crippen LogP contribution in [0.1, 0.15) is 60.0 Å². The van der Waals surface area contributed by atoms with Gasteiger partial charge in [0.25, 0.3) is 5.91 Å². The Morgan fingerprint density at radius 1 is 0.860 bits per heavy atom. The second-order valence-corrected chi connectivity index (χ2v) is 17.0. The van der Waals surface area contributed by atoms with Gasteiger partial charge in [-0.1, -0.05) is 6.07 Å². The van der Waals surface area contributed by atoms with Gasteiger partial charge in [0.05, 0.1) is 16.1 Å². The van der Waals surface area contributed by atoms with Gasteiger partial charge in [0.1, 0.15) is 22.8 Å². The highest BCUT2D eigenvalue weighted by molar-refractivity contribution is 7.82. The lowest BCUT2D eigenvalue weighted by atomic mass is 9.95. The number of halogens is 4. The largest absolute Gasteiger partial charge is 0.419 e. The first-order chi connectivity index (χ1) is 27.4. The van der Waals surface area contributed by atoms with Crippen LogP contribution in [0.3, 0.4) is 0 Å². The van der Waals surface area contributed by atoms with E-state index in [0.717, 1.165) is 68.5 Å². The molecule has 2 N–H and O–H groups in total. The number of hydrogen-bond donors (Lipinski definition) is 2. The summed E-state index contributed by atoms with van der Waals surface area (Å²) in [6.07, 6.45) is 0.825. The molecule has 8 rings (SSSR count). The molecule has 3 amide bonds. The molecule has 2 aromatic carbocycles. The van der Waals surface area contributed by atoms with Crippen molar-refractivity contribution in [2.24, 2.45) is 5.92 Å². The molecule has 0 spiro atoms. The Morgan fingerprint density at radius 3 is 2.26 bits per heavy atom. The number of carbonyl (C=O) groups excluding carboxylic acids is 3. The number of hydrogen-bond acceptors (Lipinski definition) is 10. The van der Waals surface area contributed by atoms with Crippen molar-refractivity contribution in [3.63, 3.8) is 0 Å². The van der Waals surface area contributed by atoms with E-state index in [1.165, 1.54) is 11.0 Å². The lowest BCUT2D eigenvalue weighted by molar-refractivity contribution is -0.138. The molecule has 5 aliphatic rings. The van der Waals surface area contributed by atoms with Crippen molar-refractivity contribution < 1.29 is 36.2 Å². The van der Waals surface area contributed by atoms with Gasteiger partial charge in [-0.15, -0.1) is 0 Å². The van der Waals surface area contributed by atoms with Crippen molar-refractivity contribution in [2.45, 2.75) is 68.2 Å². The molecule has 304 valence electrons. The number of nitrogens with zero attached hydrogens (tertiary/aromatic N) is 7. The van der Waals surface area contributed by atoms with Crippen LogP contribution in [0.15, 0.2) is 53.7 Å². The van der Waals surface area contributed by atoms with E-state index in [1.54, 1.807) is 6.07 Å². The van der Waals surface area contributed by atoms with Gasteiger partial charge in [-0.2, -0.15) is 13.2 Å². The molecule has 5 aliphatic heterocycles. The highest BCUT2D eigenvalue weighted by Gasteiger charge is 2.40. The molecular formula is C39H45F4N9O4S. The number of imide groups is 1. The summed E-state index contributed by atoms with van der Waals surface area (Å²) in [4.78, 5) is 53.8. The third kappa shape index (κ3) is 8.62. The van der Waals surface area contributed by atoms with Crippen molar-refractivity contribution in [3.8, 4) is 0 Å². The van der Waals surface area contributed by atoms with Crippen molar-refractivity contribution >= 4 is 46.0 Å². The van der Waals surface area contributed by atoms with Gasteiger partial charge in [0.15, 0.2) is 0 Å². The fourth-order valence-electron chi connectivity index (χ4n) is 8.56. The van der Waals surface area contributed by atoms with Crippen molar-refractivity contribution in [2.75, 3.05) is 74.0 Å². The van der Waals surface area contributed by atoms with E-state index in [4.69, 9.17) is 0 Å². The molecule has 4 saturated heterocycles. The number of aromatic nitrogens is 2. The molecule has 2 atom stereocenters. The summed E-state index contributed by atoms with van der Waals surface area (Å²) in [5, 5.41) is 5.41. The van der Waals surface area contributed by atoms with E-state index in [-0.39, 0.29) is 48.8 Å². The quantitative estimate of drug-likeness (QED) is 0.241. The van der Waals surface area contributed by atoms with Crippen LogP contribution in [0.5, 0.6) is 0 Å². The Balaban J connectivity index is 0.781. The van der Waals surface area contributed by atoms with Gasteiger partial charge in [-0.25, -0.2) is 22.9 Å². The summed E-state index contributed by atoms with van der Waals surface area (Å²) in [6.45, 7) is 6.97. The molecule has 2 unspecified atom stereocenters. The van der Waals surface area contributed by atoms with E-state index < -0.39 is 40.5 Å². The summed E-state index contributed by atoms with van der Waals surface area (Å²) < 4.78 is 69.5. The SMILES string of the molecule is O=C1CCC(N2Cc3cc(N4CCN(CC5CCN(c6cccc(S(=O)N7CCC(Nc8ncc(C(F)(F)F)cn8)CC7)c6)CC5)CC4)c(F)cc3C2=O)C(=O)N1. The maximum Gasteiger partial charge on any atom is 0.419 e. The fourth-order valence-corrected chi connectivity index (χ4v) is 9.82. The number of fused-ring (bicyclic) bond motifs is 1. The first-order valence-electron chi connectivity index (χ1n) is 19.5. The summed E-state index contributed by atoms with van der Waals surface area (Å²) in [5.74, 6) is -1.00. The molecule has 3 aromatic rings. The Kier molecular flexibility index (Phi) is 11.2. The minimum absolute atomic E-state index is 0.0334. The molecule has 0 bridgehead atoms. The molecule has 0 saturated carbocycles. The molecule has 6 heterocycles. The number of alkyl halides is 3. The van der Waals surface area contributed by atoms with Gasteiger partial charge in [0, 0.05) is 102 Å². The Bertz CT molecular complexity index is 2020. The zero-order valence-electron chi connectivity index (χ0n) is 31.3. The molecule has 1 aromatic heterocycles. The van der Waals surface area contributed by atoms with E-state index in [9.17, 15) is 31.8 Å². The summed E-state index contributed by atoms with van der Waals surface area (Å²) in [7, 11) is -1.35. The topological polar surface area (TPSA) is 134 Å². The van der Waals surface area contributed by atoms with Crippen LogP contribution < -0.4 is 20.4 Å². The number of benzene rings is 2. The van der Waals surface area contributed by atoms with Crippen LogP contribution in [0.4, 0.5) is 34.9 Å². The molecule has 0 aliphatic carbocycles. The van der Waals surface area contributed by atoms with E-state index >= 15 is 4.39 Å². The number of anilines is 3. The predicted molar refractivity (Wildman–Crippen MR) is 204 cm³/mol. The highest BCUT2D eigenvalue weighted by Crippen LogP contribution is 2.34. The van der Waals surface area contributed by atoms with Gasteiger partial charge in [-0.3, -0.25) is 24.6 Å². The molecule has 18 heteroatoms. The number of amides is 3. The zero-order valence-corrected chi connectivity index (χ0v) is 32.2.